The van der Waals surface area contributed by atoms with Crippen LogP contribution in [-0.2, 0) is 11.2 Å². The van der Waals surface area contributed by atoms with E-state index in [9.17, 15) is 9.90 Å². The number of hydrogen-bond donors (Lipinski definition) is 1. The van der Waals surface area contributed by atoms with Crippen molar-refractivity contribution in [1.29, 1.82) is 0 Å². The first-order chi connectivity index (χ1) is 12.0. The van der Waals surface area contributed by atoms with Crippen LogP contribution in [0.2, 0.25) is 0 Å². The zero-order chi connectivity index (χ0) is 18.2. The molecule has 1 aromatic heterocycles. The number of nitrogens with zero attached hydrogens (tertiary/aromatic N) is 3. The molecule has 1 N–H and O–H groups in total. The predicted molar refractivity (Wildman–Crippen MR) is 98.1 cm³/mol. The van der Waals surface area contributed by atoms with Crippen molar-refractivity contribution in [1.82, 2.24) is 14.8 Å². The van der Waals surface area contributed by atoms with E-state index in [-0.39, 0.29) is 18.4 Å². The van der Waals surface area contributed by atoms with Crippen molar-refractivity contribution in [2.75, 3.05) is 12.4 Å². The highest BCUT2D eigenvalue weighted by Crippen LogP contribution is 2.20. The summed E-state index contributed by atoms with van der Waals surface area (Å²) < 4.78 is 7.59. The second-order valence-corrected chi connectivity index (χ2v) is 7.22. The van der Waals surface area contributed by atoms with Crippen molar-refractivity contribution in [3.63, 3.8) is 0 Å². The third kappa shape index (κ3) is 6.51. The summed E-state index contributed by atoms with van der Waals surface area (Å²) in [4.78, 5) is 11.0. The molecule has 1 unspecified atom stereocenters. The zero-order valence-corrected chi connectivity index (χ0v) is 15.7. The molecule has 25 heavy (non-hydrogen) atoms. The lowest BCUT2D eigenvalue weighted by Gasteiger charge is -2.13. The van der Waals surface area contributed by atoms with Crippen LogP contribution in [0.5, 0.6) is 5.75 Å². The zero-order valence-electron chi connectivity index (χ0n) is 14.9. The van der Waals surface area contributed by atoms with Gasteiger partial charge < -0.3 is 19.2 Å². The van der Waals surface area contributed by atoms with Crippen LogP contribution >= 0.6 is 11.8 Å². The van der Waals surface area contributed by atoms with Crippen molar-refractivity contribution < 1.29 is 14.6 Å². The lowest BCUT2D eigenvalue weighted by Crippen LogP contribution is -2.20. The highest BCUT2D eigenvalue weighted by atomic mass is 32.2. The van der Waals surface area contributed by atoms with Crippen molar-refractivity contribution in [2.24, 2.45) is 0 Å². The number of aliphatic hydroxyl groups is 1. The van der Waals surface area contributed by atoms with E-state index in [1.807, 2.05) is 28.8 Å². The SMILES string of the molecule is CC(=O)CCc1ccc(OCC(O)CSc2nncn2C(C)C)cc1. The Morgan fingerprint density at radius 2 is 2.04 bits per heavy atom. The number of hydrogen-bond acceptors (Lipinski definition) is 6. The number of Topliss-reactive ketones (excluding diaryl/α,β-unsaturated/α-hetero) is 1. The molecule has 7 heteroatoms. The van der Waals surface area contributed by atoms with Crippen molar-refractivity contribution in [3.8, 4) is 5.75 Å². The van der Waals surface area contributed by atoms with Crippen LogP contribution in [0.15, 0.2) is 35.7 Å². The number of carbonyl (C=O) groups excluding carboxylic acids is 1. The molecule has 0 amide bonds. The number of aliphatic hydroxyl groups excluding tert-OH is 1. The van der Waals surface area contributed by atoms with Crippen LogP contribution in [0, 0.1) is 0 Å². The largest absolute Gasteiger partial charge is 0.491 e. The number of thioether (sulfide) groups is 1. The number of carbonyl (C=O) groups is 1. The summed E-state index contributed by atoms with van der Waals surface area (Å²) >= 11 is 1.46. The first kappa shape index (κ1) is 19.5. The minimum atomic E-state index is -0.597. The van der Waals surface area contributed by atoms with Crippen molar-refractivity contribution in [3.05, 3.63) is 36.2 Å². The molecular weight excluding hydrogens is 338 g/mol. The Morgan fingerprint density at radius 3 is 2.68 bits per heavy atom. The van der Waals surface area contributed by atoms with E-state index in [1.165, 1.54) is 11.8 Å². The highest BCUT2D eigenvalue weighted by Gasteiger charge is 2.12. The Balaban J connectivity index is 1.75. The summed E-state index contributed by atoms with van der Waals surface area (Å²) in [5.41, 5.74) is 1.10. The maximum absolute atomic E-state index is 11.0. The van der Waals surface area contributed by atoms with Gasteiger partial charge >= 0.3 is 0 Å². The van der Waals surface area contributed by atoms with Gasteiger partial charge in [-0.3, -0.25) is 0 Å². The molecule has 0 bridgehead atoms. The number of ketones is 1. The van der Waals surface area contributed by atoms with E-state index in [0.29, 0.717) is 17.9 Å². The number of aromatic nitrogens is 3. The van der Waals surface area contributed by atoms with Gasteiger partial charge in [-0.05, 0) is 44.9 Å². The normalized spacial score (nSPS) is 12.4. The molecule has 1 aromatic carbocycles. The monoisotopic (exact) mass is 363 g/mol. The molecule has 0 aliphatic heterocycles. The second-order valence-electron chi connectivity index (χ2n) is 6.24. The van der Waals surface area contributed by atoms with Gasteiger partial charge in [-0.1, -0.05) is 23.9 Å². The van der Waals surface area contributed by atoms with Crippen LogP contribution in [0.4, 0.5) is 0 Å². The summed E-state index contributed by atoms with van der Waals surface area (Å²) in [7, 11) is 0. The first-order valence-corrected chi connectivity index (χ1v) is 9.36. The van der Waals surface area contributed by atoms with Crippen molar-refractivity contribution >= 4 is 17.5 Å². The number of rotatable bonds is 10. The molecule has 0 aliphatic rings. The molecule has 136 valence electrons. The molecule has 1 atom stereocenters. The topological polar surface area (TPSA) is 77.2 Å². The molecule has 2 aromatic rings. The maximum Gasteiger partial charge on any atom is 0.191 e. The average Bonchev–Trinajstić information content (AvgIpc) is 3.06. The number of aryl methyl sites for hydroxylation is 1. The van der Waals surface area contributed by atoms with Crippen LogP contribution in [0.25, 0.3) is 0 Å². The molecular formula is C18H25N3O3S. The van der Waals surface area contributed by atoms with Gasteiger partial charge in [-0.15, -0.1) is 10.2 Å². The quantitative estimate of drug-likeness (QED) is 0.654. The van der Waals surface area contributed by atoms with E-state index >= 15 is 0 Å². The van der Waals surface area contributed by atoms with Gasteiger partial charge in [-0.2, -0.15) is 0 Å². The van der Waals surface area contributed by atoms with Crippen LogP contribution in [0.1, 0.15) is 38.8 Å². The molecule has 0 saturated heterocycles. The maximum atomic E-state index is 11.0. The summed E-state index contributed by atoms with van der Waals surface area (Å²) in [6, 6.07) is 7.91. The lowest BCUT2D eigenvalue weighted by atomic mass is 10.1. The van der Waals surface area contributed by atoms with E-state index in [4.69, 9.17) is 4.74 Å². The van der Waals surface area contributed by atoms with Gasteiger partial charge in [0.05, 0.1) is 6.10 Å². The average molecular weight is 363 g/mol. The van der Waals surface area contributed by atoms with Gasteiger partial charge in [0.1, 0.15) is 24.5 Å². The number of benzene rings is 1. The van der Waals surface area contributed by atoms with Gasteiger partial charge in [0.2, 0.25) is 0 Å². The third-order valence-corrected chi connectivity index (χ3v) is 4.73. The first-order valence-electron chi connectivity index (χ1n) is 8.37. The fraction of sp³-hybridized carbons (Fsp3) is 0.500. The van der Waals surface area contributed by atoms with E-state index in [1.54, 1.807) is 13.3 Å². The minimum Gasteiger partial charge on any atom is -0.491 e. The Bertz CT molecular complexity index is 670. The standard InChI is InChI=1S/C18H25N3O3S/c1-13(2)21-12-19-20-18(21)25-11-16(23)10-24-17-8-6-15(7-9-17)5-4-14(3)22/h6-9,12-13,16,23H,4-5,10-11H2,1-3H3. The molecule has 0 spiro atoms. The predicted octanol–water partition coefficient (Wildman–Crippen LogP) is 2.91. The Hall–Kier alpha value is -1.86. The van der Waals surface area contributed by atoms with E-state index in [0.717, 1.165) is 17.1 Å². The molecule has 0 radical (unpaired) electrons. The number of ether oxygens (including phenoxy) is 1. The molecule has 1 heterocycles. The van der Waals surface area contributed by atoms with Gasteiger partial charge in [0, 0.05) is 18.2 Å². The Labute approximate surface area is 152 Å². The summed E-state index contributed by atoms with van der Waals surface area (Å²) in [5.74, 6) is 1.39. The van der Waals surface area contributed by atoms with Crippen LogP contribution < -0.4 is 4.74 Å². The van der Waals surface area contributed by atoms with Crippen LogP contribution in [0.3, 0.4) is 0 Å². The molecule has 0 aliphatic carbocycles. The minimum absolute atomic E-state index is 0.189. The van der Waals surface area contributed by atoms with Gasteiger partial charge in [0.15, 0.2) is 5.16 Å². The molecule has 0 saturated carbocycles. The molecule has 2 rings (SSSR count). The summed E-state index contributed by atoms with van der Waals surface area (Å²) in [6.45, 7) is 5.94. The van der Waals surface area contributed by atoms with Gasteiger partial charge in [0.25, 0.3) is 0 Å². The molecule has 0 fully saturated rings. The third-order valence-electron chi connectivity index (χ3n) is 3.63. The smallest absolute Gasteiger partial charge is 0.191 e. The fourth-order valence-corrected chi connectivity index (χ4v) is 3.12. The Morgan fingerprint density at radius 1 is 1.32 bits per heavy atom. The lowest BCUT2D eigenvalue weighted by molar-refractivity contribution is -0.116. The van der Waals surface area contributed by atoms with Gasteiger partial charge in [-0.25, -0.2) is 0 Å². The summed E-state index contributed by atoms with van der Waals surface area (Å²) in [5, 5.41) is 18.9. The van der Waals surface area contributed by atoms with E-state index < -0.39 is 6.10 Å². The fourth-order valence-electron chi connectivity index (χ4n) is 2.17. The van der Waals surface area contributed by atoms with Crippen molar-refractivity contribution in [2.45, 2.75) is 50.9 Å². The second kappa shape index (κ2) is 9.58. The van der Waals surface area contributed by atoms with E-state index in [2.05, 4.69) is 24.0 Å². The van der Waals surface area contributed by atoms with Crippen LogP contribution in [-0.4, -0.2) is 44.1 Å². The summed E-state index contributed by atoms with van der Waals surface area (Å²) in [6.07, 6.45) is 2.39. The highest BCUT2D eigenvalue weighted by molar-refractivity contribution is 7.99. The molecule has 6 nitrogen and oxygen atoms in total. The Kier molecular flexibility index (Phi) is 7.46.